The van der Waals surface area contributed by atoms with E-state index >= 15 is 0 Å². The molecule has 8 heteroatoms. The Morgan fingerprint density at radius 2 is 1.91 bits per heavy atom. The van der Waals surface area contributed by atoms with Crippen molar-refractivity contribution in [1.29, 1.82) is 0 Å². The summed E-state index contributed by atoms with van der Waals surface area (Å²) in [5, 5.41) is 0. The fourth-order valence-electron chi connectivity index (χ4n) is 4.79. The SMILES string of the molecule is C[C@@H]1CN(c2nc(C3CCCCO3)ccc2C(=O)NS(=O)(=O)c2ccccc2)C(C)(C)C1. The van der Waals surface area contributed by atoms with E-state index in [2.05, 4.69) is 30.4 Å². The minimum Gasteiger partial charge on any atom is -0.372 e. The molecular formula is C24H31N3O4S. The molecule has 2 aliphatic rings. The standard InChI is InChI=1S/C24H31N3O4S/c1-17-15-24(2,3)27(16-17)22-19(12-13-20(25-22)21-11-7-8-14-31-21)23(28)26-32(29,30)18-9-5-4-6-10-18/h4-6,9-10,12-13,17,21H,7-8,11,14-16H2,1-3H3,(H,26,28)/t17-,21?/m0/s1. The number of carbonyl (C=O) groups excluding carboxylic acids is 1. The Hall–Kier alpha value is -2.45. The third-order valence-corrected chi connectivity index (χ3v) is 7.61. The first kappa shape index (κ1) is 22.7. The first-order valence-corrected chi connectivity index (χ1v) is 12.7. The summed E-state index contributed by atoms with van der Waals surface area (Å²) in [4.78, 5) is 20.3. The molecule has 0 radical (unpaired) electrons. The summed E-state index contributed by atoms with van der Waals surface area (Å²) < 4.78 is 33.7. The third-order valence-electron chi connectivity index (χ3n) is 6.26. The molecule has 0 spiro atoms. The quantitative estimate of drug-likeness (QED) is 0.728. The van der Waals surface area contributed by atoms with Crippen LogP contribution in [0.15, 0.2) is 47.4 Å². The number of anilines is 1. The van der Waals surface area contributed by atoms with E-state index in [9.17, 15) is 13.2 Å². The van der Waals surface area contributed by atoms with Crippen LogP contribution in [0.4, 0.5) is 5.82 Å². The van der Waals surface area contributed by atoms with Crippen LogP contribution in [0.1, 0.15) is 68.6 Å². The zero-order chi connectivity index (χ0) is 22.9. The summed E-state index contributed by atoms with van der Waals surface area (Å²) in [6.45, 7) is 7.89. The van der Waals surface area contributed by atoms with Crippen molar-refractivity contribution < 1.29 is 17.9 Å². The molecule has 0 bridgehead atoms. The number of nitrogens with zero attached hydrogens (tertiary/aromatic N) is 2. The fraction of sp³-hybridized carbons (Fsp3) is 0.500. The summed E-state index contributed by atoms with van der Waals surface area (Å²) in [6, 6.07) is 11.4. The zero-order valence-electron chi connectivity index (χ0n) is 18.9. The average Bonchev–Trinajstić information content (AvgIpc) is 3.06. The van der Waals surface area contributed by atoms with Gasteiger partial charge in [-0.1, -0.05) is 25.1 Å². The fourth-order valence-corrected chi connectivity index (χ4v) is 5.78. The van der Waals surface area contributed by atoms with Crippen LogP contribution >= 0.6 is 0 Å². The zero-order valence-corrected chi connectivity index (χ0v) is 19.7. The molecule has 7 nitrogen and oxygen atoms in total. The van der Waals surface area contributed by atoms with E-state index in [0.717, 1.165) is 37.9 Å². The van der Waals surface area contributed by atoms with Crippen molar-refractivity contribution in [2.75, 3.05) is 18.1 Å². The number of rotatable bonds is 5. The lowest BCUT2D eigenvalue weighted by Crippen LogP contribution is -2.41. The first-order chi connectivity index (χ1) is 15.2. The lowest BCUT2D eigenvalue weighted by atomic mass is 9.97. The molecule has 2 aromatic rings. The van der Waals surface area contributed by atoms with Gasteiger partial charge in [0.2, 0.25) is 0 Å². The minimum absolute atomic E-state index is 0.0465. The van der Waals surface area contributed by atoms with Crippen LogP contribution in [0.2, 0.25) is 0 Å². The van der Waals surface area contributed by atoms with Gasteiger partial charge in [0.25, 0.3) is 15.9 Å². The number of benzene rings is 1. The predicted octanol–water partition coefficient (Wildman–Crippen LogP) is 4.07. The first-order valence-electron chi connectivity index (χ1n) is 11.2. The number of ether oxygens (including phenoxy) is 1. The van der Waals surface area contributed by atoms with Gasteiger partial charge in [-0.2, -0.15) is 0 Å². The van der Waals surface area contributed by atoms with Gasteiger partial charge in [-0.3, -0.25) is 4.79 Å². The largest absolute Gasteiger partial charge is 0.372 e. The summed E-state index contributed by atoms with van der Waals surface area (Å²) >= 11 is 0. The minimum atomic E-state index is -3.99. The van der Waals surface area contributed by atoms with E-state index < -0.39 is 15.9 Å². The Balaban J connectivity index is 1.71. The number of pyridine rings is 1. The van der Waals surface area contributed by atoms with E-state index in [1.165, 1.54) is 12.1 Å². The second-order valence-electron chi connectivity index (χ2n) is 9.44. The molecule has 1 aromatic heterocycles. The van der Waals surface area contributed by atoms with Crippen molar-refractivity contribution in [3.05, 3.63) is 53.7 Å². The highest BCUT2D eigenvalue weighted by molar-refractivity contribution is 7.90. The Bertz CT molecular complexity index is 1080. The van der Waals surface area contributed by atoms with E-state index in [1.807, 2.05) is 0 Å². The Morgan fingerprint density at radius 1 is 1.16 bits per heavy atom. The summed E-state index contributed by atoms with van der Waals surface area (Å²) in [5.41, 5.74) is 0.843. The van der Waals surface area contributed by atoms with Crippen molar-refractivity contribution >= 4 is 21.7 Å². The molecule has 0 saturated carbocycles. The van der Waals surface area contributed by atoms with Crippen LogP contribution in [-0.2, 0) is 14.8 Å². The second kappa shape index (κ2) is 8.83. The van der Waals surface area contributed by atoms with Gasteiger partial charge < -0.3 is 9.64 Å². The summed E-state index contributed by atoms with van der Waals surface area (Å²) in [5.74, 6) is 0.278. The van der Waals surface area contributed by atoms with Crippen molar-refractivity contribution in [3.63, 3.8) is 0 Å². The van der Waals surface area contributed by atoms with Crippen LogP contribution in [0.25, 0.3) is 0 Å². The van der Waals surface area contributed by atoms with Crippen molar-refractivity contribution in [2.45, 2.75) is 63.0 Å². The highest BCUT2D eigenvalue weighted by atomic mass is 32.2. The smallest absolute Gasteiger partial charge is 0.268 e. The molecule has 3 heterocycles. The maximum absolute atomic E-state index is 13.2. The normalized spacial score (nSPS) is 23.2. The van der Waals surface area contributed by atoms with Gasteiger partial charge in [-0.05, 0) is 69.7 Å². The van der Waals surface area contributed by atoms with Crippen LogP contribution in [0.3, 0.4) is 0 Å². The predicted molar refractivity (Wildman–Crippen MR) is 123 cm³/mol. The van der Waals surface area contributed by atoms with E-state index in [0.29, 0.717) is 18.3 Å². The Kier molecular flexibility index (Phi) is 6.27. The lowest BCUT2D eigenvalue weighted by Gasteiger charge is -2.34. The maximum Gasteiger partial charge on any atom is 0.268 e. The topological polar surface area (TPSA) is 88.6 Å². The maximum atomic E-state index is 13.2. The number of hydrogen-bond donors (Lipinski definition) is 1. The van der Waals surface area contributed by atoms with Gasteiger partial charge in [0, 0.05) is 18.7 Å². The van der Waals surface area contributed by atoms with Crippen LogP contribution in [0.5, 0.6) is 0 Å². The summed E-state index contributed by atoms with van der Waals surface area (Å²) in [7, 11) is -3.99. The molecule has 0 aliphatic carbocycles. The average molecular weight is 458 g/mol. The van der Waals surface area contributed by atoms with Gasteiger partial charge in [0.15, 0.2) is 0 Å². The number of sulfonamides is 1. The molecule has 2 saturated heterocycles. The molecule has 1 amide bonds. The van der Waals surface area contributed by atoms with Gasteiger partial charge >= 0.3 is 0 Å². The molecule has 32 heavy (non-hydrogen) atoms. The number of nitrogens with one attached hydrogen (secondary N) is 1. The van der Waals surface area contributed by atoms with E-state index in [-0.39, 0.29) is 22.1 Å². The van der Waals surface area contributed by atoms with Crippen LogP contribution in [-0.4, -0.2) is 38.0 Å². The number of amides is 1. The van der Waals surface area contributed by atoms with Crippen molar-refractivity contribution in [2.24, 2.45) is 5.92 Å². The second-order valence-corrected chi connectivity index (χ2v) is 11.1. The highest BCUT2D eigenvalue weighted by Gasteiger charge is 2.39. The number of hydrogen-bond acceptors (Lipinski definition) is 6. The number of aromatic nitrogens is 1. The molecular weight excluding hydrogens is 426 g/mol. The van der Waals surface area contributed by atoms with Gasteiger partial charge in [0.05, 0.1) is 22.3 Å². The monoisotopic (exact) mass is 457 g/mol. The highest BCUT2D eigenvalue weighted by Crippen LogP contribution is 2.38. The molecule has 1 N–H and O–H groups in total. The molecule has 2 atom stereocenters. The Labute approximate surface area is 190 Å². The third kappa shape index (κ3) is 4.66. The van der Waals surface area contributed by atoms with E-state index in [1.54, 1.807) is 30.3 Å². The lowest BCUT2D eigenvalue weighted by molar-refractivity contribution is 0.0123. The van der Waals surface area contributed by atoms with Crippen LogP contribution < -0.4 is 9.62 Å². The molecule has 1 unspecified atom stereocenters. The number of carbonyl (C=O) groups is 1. The molecule has 1 aromatic carbocycles. The molecule has 4 rings (SSSR count). The molecule has 172 valence electrons. The molecule has 2 fully saturated rings. The van der Waals surface area contributed by atoms with Crippen molar-refractivity contribution in [1.82, 2.24) is 9.71 Å². The van der Waals surface area contributed by atoms with Gasteiger partial charge in [-0.25, -0.2) is 18.1 Å². The Morgan fingerprint density at radius 3 is 2.53 bits per heavy atom. The van der Waals surface area contributed by atoms with Gasteiger partial charge in [-0.15, -0.1) is 0 Å². The van der Waals surface area contributed by atoms with E-state index in [4.69, 9.17) is 9.72 Å². The molecule has 2 aliphatic heterocycles. The van der Waals surface area contributed by atoms with Gasteiger partial charge in [0.1, 0.15) is 5.82 Å². The van der Waals surface area contributed by atoms with Crippen molar-refractivity contribution in [3.8, 4) is 0 Å². The summed E-state index contributed by atoms with van der Waals surface area (Å²) in [6.07, 6.45) is 3.86. The van der Waals surface area contributed by atoms with Crippen LogP contribution in [0, 0.1) is 5.92 Å².